The first-order valence-corrected chi connectivity index (χ1v) is 6.15. The molecule has 0 aliphatic heterocycles. The lowest BCUT2D eigenvalue weighted by Crippen LogP contribution is -2.11. The minimum Gasteiger partial charge on any atom is -0.493 e. The molecule has 0 bridgehead atoms. The van der Waals surface area contributed by atoms with Crippen LogP contribution in [0.1, 0.15) is 20.7 Å². The summed E-state index contributed by atoms with van der Waals surface area (Å²) in [5.74, 6) is -0.642. The third-order valence-electron chi connectivity index (χ3n) is 2.84. The first-order chi connectivity index (χ1) is 10.6. The molecule has 22 heavy (non-hydrogen) atoms. The van der Waals surface area contributed by atoms with E-state index in [9.17, 15) is 19.7 Å². The summed E-state index contributed by atoms with van der Waals surface area (Å²) >= 11 is 0. The normalized spacial score (nSPS) is 9.86. The average Bonchev–Trinajstić information content (AvgIpc) is 2.55. The van der Waals surface area contributed by atoms with Crippen molar-refractivity contribution in [2.75, 3.05) is 7.11 Å². The predicted molar refractivity (Wildman–Crippen MR) is 76.4 cm³/mol. The maximum atomic E-state index is 12.1. The molecular formula is C15H11NO6. The highest BCUT2D eigenvalue weighted by atomic mass is 16.6. The molecule has 0 spiro atoms. The minimum absolute atomic E-state index is 0.00282. The van der Waals surface area contributed by atoms with E-state index in [1.807, 2.05) is 0 Å². The van der Waals surface area contributed by atoms with Crippen LogP contribution in [0.5, 0.6) is 11.5 Å². The second-order valence-electron chi connectivity index (χ2n) is 4.19. The minimum atomic E-state index is -0.823. The Hall–Kier alpha value is -3.22. The van der Waals surface area contributed by atoms with E-state index in [0.29, 0.717) is 6.29 Å². The van der Waals surface area contributed by atoms with Crippen LogP contribution in [0.3, 0.4) is 0 Å². The monoisotopic (exact) mass is 301 g/mol. The summed E-state index contributed by atoms with van der Waals surface area (Å²) < 4.78 is 10.2. The largest absolute Gasteiger partial charge is 0.493 e. The van der Waals surface area contributed by atoms with Gasteiger partial charge in [-0.2, -0.15) is 0 Å². The van der Waals surface area contributed by atoms with E-state index in [-0.39, 0.29) is 28.3 Å². The summed E-state index contributed by atoms with van der Waals surface area (Å²) in [6.07, 6.45) is 0.526. The van der Waals surface area contributed by atoms with Crippen LogP contribution in [-0.2, 0) is 0 Å². The maximum Gasteiger partial charge on any atom is 0.343 e. The number of rotatable bonds is 5. The third-order valence-corrected chi connectivity index (χ3v) is 2.84. The molecule has 0 saturated heterocycles. The zero-order valence-electron chi connectivity index (χ0n) is 11.5. The van der Waals surface area contributed by atoms with Crippen molar-refractivity contribution < 1.29 is 24.0 Å². The van der Waals surface area contributed by atoms with Crippen LogP contribution in [0.15, 0.2) is 42.5 Å². The molecule has 2 aromatic carbocycles. The van der Waals surface area contributed by atoms with Gasteiger partial charge in [-0.1, -0.05) is 12.1 Å². The quantitative estimate of drug-likeness (QED) is 0.277. The molecule has 0 N–H and O–H groups in total. The number of nitro groups is 1. The number of ether oxygens (including phenoxy) is 2. The Morgan fingerprint density at radius 3 is 2.59 bits per heavy atom. The van der Waals surface area contributed by atoms with Gasteiger partial charge in [0.1, 0.15) is 0 Å². The Morgan fingerprint density at radius 1 is 1.23 bits per heavy atom. The van der Waals surface area contributed by atoms with Crippen molar-refractivity contribution in [3.8, 4) is 11.5 Å². The van der Waals surface area contributed by atoms with Gasteiger partial charge in [0.05, 0.1) is 23.2 Å². The maximum absolute atomic E-state index is 12.1. The van der Waals surface area contributed by atoms with Crippen molar-refractivity contribution in [2.24, 2.45) is 0 Å². The number of para-hydroxylation sites is 1. The molecule has 0 aliphatic rings. The number of carbonyl (C=O) groups is 2. The van der Waals surface area contributed by atoms with Gasteiger partial charge >= 0.3 is 5.97 Å². The molecule has 0 radical (unpaired) electrons. The summed E-state index contributed by atoms with van der Waals surface area (Å²) in [6.45, 7) is 0. The number of nitro benzene ring substituents is 1. The van der Waals surface area contributed by atoms with Gasteiger partial charge in [-0.05, 0) is 18.2 Å². The molecule has 0 atom stereocenters. The molecule has 0 heterocycles. The van der Waals surface area contributed by atoms with E-state index in [4.69, 9.17) is 9.47 Å². The molecule has 0 aliphatic carbocycles. The zero-order valence-corrected chi connectivity index (χ0v) is 11.5. The van der Waals surface area contributed by atoms with Crippen molar-refractivity contribution in [3.63, 3.8) is 0 Å². The fourth-order valence-electron chi connectivity index (χ4n) is 1.79. The van der Waals surface area contributed by atoms with Gasteiger partial charge in [0.2, 0.25) is 0 Å². The van der Waals surface area contributed by atoms with Crippen molar-refractivity contribution in [3.05, 3.63) is 63.7 Å². The summed E-state index contributed by atoms with van der Waals surface area (Å²) in [4.78, 5) is 33.2. The van der Waals surface area contributed by atoms with Gasteiger partial charge in [-0.3, -0.25) is 14.9 Å². The molecule has 0 amide bonds. The summed E-state index contributed by atoms with van der Waals surface area (Å²) in [7, 11) is 1.37. The molecular weight excluding hydrogens is 290 g/mol. The number of nitrogens with zero attached hydrogens (tertiary/aromatic N) is 1. The predicted octanol–water partition coefficient (Wildman–Crippen LogP) is 2.64. The Labute approximate surface area is 125 Å². The van der Waals surface area contributed by atoms with Crippen molar-refractivity contribution in [1.82, 2.24) is 0 Å². The fraction of sp³-hybridized carbons (Fsp3) is 0.0667. The SMILES string of the molecule is COc1cccc(C=O)c1OC(=O)c1cccc([N+](=O)[O-])c1. The third kappa shape index (κ3) is 3.09. The fourth-order valence-corrected chi connectivity index (χ4v) is 1.79. The lowest BCUT2D eigenvalue weighted by atomic mass is 10.2. The molecule has 0 saturated carbocycles. The number of hydrogen-bond donors (Lipinski definition) is 0. The molecule has 2 aromatic rings. The van der Waals surface area contributed by atoms with Crippen molar-refractivity contribution in [2.45, 2.75) is 0 Å². The van der Waals surface area contributed by atoms with E-state index in [1.54, 1.807) is 6.07 Å². The van der Waals surface area contributed by atoms with E-state index >= 15 is 0 Å². The molecule has 0 aromatic heterocycles. The number of esters is 1. The van der Waals surface area contributed by atoms with Crippen LogP contribution in [0.25, 0.3) is 0 Å². The van der Waals surface area contributed by atoms with E-state index in [2.05, 4.69) is 0 Å². The van der Waals surface area contributed by atoms with Crippen LogP contribution >= 0.6 is 0 Å². The molecule has 112 valence electrons. The molecule has 0 fully saturated rings. The van der Waals surface area contributed by atoms with Crippen molar-refractivity contribution >= 4 is 17.9 Å². The lowest BCUT2D eigenvalue weighted by molar-refractivity contribution is -0.384. The smallest absolute Gasteiger partial charge is 0.343 e. The Bertz CT molecular complexity index is 741. The molecule has 7 heteroatoms. The molecule has 2 rings (SSSR count). The van der Waals surface area contributed by atoms with Gasteiger partial charge in [0.15, 0.2) is 17.8 Å². The second-order valence-corrected chi connectivity index (χ2v) is 4.19. The summed E-state index contributed by atoms with van der Waals surface area (Å²) in [6, 6.07) is 9.68. The van der Waals surface area contributed by atoms with Gasteiger partial charge < -0.3 is 9.47 Å². The van der Waals surface area contributed by atoms with E-state index < -0.39 is 10.9 Å². The van der Waals surface area contributed by atoms with Crippen LogP contribution < -0.4 is 9.47 Å². The number of hydrogen-bond acceptors (Lipinski definition) is 6. The number of aldehydes is 1. The number of non-ortho nitro benzene ring substituents is 1. The Morgan fingerprint density at radius 2 is 1.95 bits per heavy atom. The average molecular weight is 301 g/mol. The standard InChI is InChI=1S/C15H11NO6/c1-21-13-7-3-5-11(9-17)14(13)22-15(18)10-4-2-6-12(8-10)16(19)20/h2-9H,1H3. The summed E-state index contributed by atoms with van der Waals surface area (Å²) in [5.41, 5.74) is -0.0971. The Balaban J connectivity index is 2.35. The van der Waals surface area contributed by atoms with Crippen LogP contribution in [0.4, 0.5) is 5.69 Å². The molecule has 7 nitrogen and oxygen atoms in total. The Kier molecular flexibility index (Phi) is 4.47. The second kappa shape index (κ2) is 6.49. The summed E-state index contributed by atoms with van der Waals surface area (Å²) in [5, 5.41) is 10.7. The van der Waals surface area contributed by atoms with Crippen LogP contribution in [0.2, 0.25) is 0 Å². The highest BCUT2D eigenvalue weighted by molar-refractivity contribution is 5.93. The van der Waals surface area contributed by atoms with Gasteiger partial charge in [-0.15, -0.1) is 0 Å². The number of benzene rings is 2. The topological polar surface area (TPSA) is 95.7 Å². The van der Waals surface area contributed by atoms with Crippen LogP contribution in [-0.4, -0.2) is 24.3 Å². The first kappa shape index (κ1) is 15.2. The van der Waals surface area contributed by atoms with E-state index in [1.165, 1.54) is 37.4 Å². The highest BCUT2D eigenvalue weighted by Gasteiger charge is 2.18. The first-order valence-electron chi connectivity index (χ1n) is 6.15. The highest BCUT2D eigenvalue weighted by Crippen LogP contribution is 2.30. The number of methoxy groups -OCH3 is 1. The molecule has 0 unspecified atom stereocenters. The van der Waals surface area contributed by atoms with Gasteiger partial charge in [0.25, 0.3) is 5.69 Å². The number of carbonyl (C=O) groups excluding carboxylic acids is 2. The van der Waals surface area contributed by atoms with Crippen LogP contribution in [0, 0.1) is 10.1 Å². The lowest BCUT2D eigenvalue weighted by Gasteiger charge is -2.10. The van der Waals surface area contributed by atoms with Crippen molar-refractivity contribution in [1.29, 1.82) is 0 Å². The van der Waals surface area contributed by atoms with E-state index in [0.717, 1.165) is 6.07 Å². The zero-order chi connectivity index (χ0) is 16.1. The van der Waals surface area contributed by atoms with Gasteiger partial charge in [0, 0.05) is 12.1 Å². The van der Waals surface area contributed by atoms with Gasteiger partial charge in [-0.25, -0.2) is 4.79 Å².